The standard InChI is InChI=1S/C15H25N3/c1-2-18-12-14(11-16-18)17-13-5-9-15(10-6-13)7-3-4-8-15/h11-13,17H,2-10H2,1H3. The zero-order valence-electron chi connectivity index (χ0n) is 11.5. The summed E-state index contributed by atoms with van der Waals surface area (Å²) >= 11 is 0. The van der Waals surface area contributed by atoms with Crippen molar-refractivity contribution in [2.75, 3.05) is 5.32 Å². The predicted octanol–water partition coefficient (Wildman–Crippen LogP) is 3.82. The number of hydrogen-bond acceptors (Lipinski definition) is 2. The Bertz CT molecular complexity index is 380. The first-order valence-electron chi connectivity index (χ1n) is 7.59. The van der Waals surface area contributed by atoms with Crippen molar-refractivity contribution in [3.8, 4) is 0 Å². The molecule has 2 saturated carbocycles. The molecule has 1 aromatic heterocycles. The molecule has 0 bridgehead atoms. The van der Waals surface area contributed by atoms with Crippen LogP contribution in [-0.2, 0) is 6.54 Å². The van der Waals surface area contributed by atoms with Gasteiger partial charge in [-0.2, -0.15) is 5.10 Å². The minimum Gasteiger partial charge on any atom is -0.380 e. The highest BCUT2D eigenvalue weighted by atomic mass is 15.3. The van der Waals surface area contributed by atoms with Gasteiger partial charge in [0.25, 0.3) is 0 Å². The number of hydrogen-bond donors (Lipinski definition) is 1. The van der Waals surface area contributed by atoms with Crippen molar-refractivity contribution in [2.45, 2.75) is 70.9 Å². The SMILES string of the molecule is CCn1cc(NC2CCC3(CCCC3)CC2)cn1. The van der Waals surface area contributed by atoms with E-state index < -0.39 is 0 Å². The molecule has 0 radical (unpaired) electrons. The van der Waals surface area contributed by atoms with E-state index in [-0.39, 0.29) is 0 Å². The van der Waals surface area contributed by atoms with Crippen LogP contribution in [0.2, 0.25) is 0 Å². The third-order valence-corrected chi connectivity index (χ3v) is 5.04. The highest BCUT2D eigenvalue weighted by molar-refractivity contribution is 5.39. The summed E-state index contributed by atoms with van der Waals surface area (Å²) in [4.78, 5) is 0. The first kappa shape index (κ1) is 12.1. The molecule has 3 heteroatoms. The monoisotopic (exact) mass is 247 g/mol. The molecule has 2 aliphatic rings. The van der Waals surface area contributed by atoms with Gasteiger partial charge >= 0.3 is 0 Å². The van der Waals surface area contributed by atoms with E-state index in [0.717, 1.165) is 12.0 Å². The molecule has 1 aromatic rings. The third kappa shape index (κ3) is 2.40. The first-order valence-corrected chi connectivity index (χ1v) is 7.59. The molecule has 2 fully saturated rings. The number of rotatable bonds is 3. The van der Waals surface area contributed by atoms with Gasteiger partial charge in [0.05, 0.1) is 11.9 Å². The van der Waals surface area contributed by atoms with Gasteiger partial charge in [-0.25, -0.2) is 0 Å². The van der Waals surface area contributed by atoms with Crippen LogP contribution in [0.1, 0.15) is 58.3 Å². The summed E-state index contributed by atoms with van der Waals surface area (Å²) in [5, 5.41) is 7.98. The van der Waals surface area contributed by atoms with Gasteiger partial charge in [-0.05, 0) is 50.9 Å². The Morgan fingerprint density at radius 1 is 1.28 bits per heavy atom. The number of nitrogens with zero attached hydrogens (tertiary/aromatic N) is 2. The van der Waals surface area contributed by atoms with Gasteiger partial charge in [-0.15, -0.1) is 0 Å². The average Bonchev–Trinajstić information content (AvgIpc) is 3.02. The normalized spacial score (nSPS) is 23.6. The summed E-state index contributed by atoms with van der Waals surface area (Å²) in [6.07, 6.45) is 15.6. The topological polar surface area (TPSA) is 29.9 Å². The Labute approximate surface area is 110 Å². The van der Waals surface area contributed by atoms with Gasteiger partial charge in [0, 0.05) is 18.8 Å². The van der Waals surface area contributed by atoms with Crippen molar-refractivity contribution >= 4 is 5.69 Å². The molecule has 3 rings (SSSR count). The maximum Gasteiger partial charge on any atom is 0.0728 e. The van der Waals surface area contributed by atoms with E-state index in [4.69, 9.17) is 0 Å². The summed E-state index contributed by atoms with van der Waals surface area (Å²) < 4.78 is 1.99. The van der Waals surface area contributed by atoms with Crippen molar-refractivity contribution in [1.29, 1.82) is 0 Å². The Morgan fingerprint density at radius 3 is 2.61 bits per heavy atom. The second-order valence-corrected chi connectivity index (χ2v) is 6.21. The van der Waals surface area contributed by atoms with Crippen LogP contribution in [0.25, 0.3) is 0 Å². The molecule has 0 aliphatic heterocycles. The lowest BCUT2D eigenvalue weighted by atomic mass is 9.71. The molecule has 1 N–H and O–H groups in total. The van der Waals surface area contributed by atoms with Crippen LogP contribution in [0, 0.1) is 5.41 Å². The van der Waals surface area contributed by atoms with Gasteiger partial charge in [-0.3, -0.25) is 4.68 Å². The van der Waals surface area contributed by atoms with E-state index in [0.29, 0.717) is 6.04 Å². The van der Waals surface area contributed by atoms with Crippen molar-refractivity contribution < 1.29 is 0 Å². The zero-order chi connectivity index (χ0) is 12.4. The van der Waals surface area contributed by atoms with E-state index in [9.17, 15) is 0 Å². The number of nitrogens with one attached hydrogen (secondary N) is 1. The van der Waals surface area contributed by atoms with Gasteiger partial charge < -0.3 is 5.32 Å². The van der Waals surface area contributed by atoms with E-state index in [2.05, 4.69) is 23.5 Å². The van der Waals surface area contributed by atoms with E-state index in [1.165, 1.54) is 57.1 Å². The minimum absolute atomic E-state index is 0.672. The van der Waals surface area contributed by atoms with Gasteiger partial charge in [-0.1, -0.05) is 12.8 Å². The molecule has 0 saturated heterocycles. The molecule has 100 valence electrons. The Balaban J connectivity index is 1.53. The fraction of sp³-hybridized carbons (Fsp3) is 0.800. The summed E-state index contributed by atoms with van der Waals surface area (Å²) in [5.74, 6) is 0. The smallest absolute Gasteiger partial charge is 0.0728 e. The van der Waals surface area contributed by atoms with Crippen molar-refractivity contribution in [3.63, 3.8) is 0 Å². The van der Waals surface area contributed by atoms with Crippen molar-refractivity contribution in [3.05, 3.63) is 12.4 Å². The highest BCUT2D eigenvalue weighted by Gasteiger charge is 2.37. The predicted molar refractivity (Wildman–Crippen MR) is 74.7 cm³/mol. The highest BCUT2D eigenvalue weighted by Crippen LogP contribution is 2.49. The Kier molecular flexibility index (Phi) is 3.31. The summed E-state index contributed by atoms with van der Waals surface area (Å²) in [6.45, 7) is 3.08. The Hall–Kier alpha value is -0.990. The fourth-order valence-electron chi connectivity index (χ4n) is 3.85. The molecule has 1 spiro atoms. The largest absolute Gasteiger partial charge is 0.380 e. The number of aryl methyl sites for hydroxylation is 1. The molecule has 1 heterocycles. The second-order valence-electron chi connectivity index (χ2n) is 6.21. The minimum atomic E-state index is 0.672. The molecule has 0 aromatic carbocycles. The van der Waals surface area contributed by atoms with Crippen molar-refractivity contribution in [1.82, 2.24) is 9.78 Å². The molecule has 18 heavy (non-hydrogen) atoms. The van der Waals surface area contributed by atoms with E-state index >= 15 is 0 Å². The molecule has 0 atom stereocenters. The van der Waals surface area contributed by atoms with E-state index in [1.807, 2.05) is 10.9 Å². The van der Waals surface area contributed by atoms with Crippen LogP contribution in [-0.4, -0.2) is 15.8 Å². The van der Waals surface area contributed by atoms with Gasteiger partial charge in [0.15, 0.2) is 0 Å². The van der Waals surface area contributed by atoms with Crippen LogP contribution >= 0.6 is 0 Å². The molecular weight excluding hydrogens is 222 g/mol. The molecule has 3 nitrogen and oxygen atoms in total. The number of anilines is 1. The van der Waals surface area contributed by atoms with Crippen LogP contribution in [0.15, 0.2) is 12.4 Å². The lowest BCUT2D eigenvalue weighted by Crippen LogP contribution is -2.31. The first-order chi connectivity index (χ1) is 8.80. The van der Waals surface area contributed by atoms with Crippen LogP contribution in [0.5, 0.6) is 0 Å². The maximum absolute atomic E-state index is 4.33. The molecule has 0 unspecified atom stereocenters. The lowest BCUT2D eigenvalue weighted by Gasteiger charge is -2.37. The van der Waals surface area contributed by atoms with Gasteiger partial charge in [0.1, 0.15) is 0 Å². The van der Waals surface area contributed by atoms with Crippen molar-refractivity contribution in [2.24, 2.45) is 5.41 Å². The molecule has 2 aliphatic carbocycles. The second kappa shape index (κ2) is 4.94. The van der Waals surface area contributed by atoms with Crippen LogP contribution in [0.4, 0.5) is 5.69 Å². The fourth-order valence-corrected chi connectivity index (χ4v) is 3.85. The quantitative estimate of drug-likeness (QED) is 0.880. The average molecular weight is 247 g/mol. The lowest BCUT2D eigenvalue weighted by molar-refractivity contribution is 0.188. The Morgan fingerprint density at radius 2 is 2.00 bits per heavy atom. The molecule has 0 amide bonds. The van der Waals surface area contributed by atoms with E-state index in [1.54, 1.807) is 0 Å². The summed E-state index contributed by atoms with van der Waals surface area (Å²) in [7, 11) is 0. The number of aromatic nitrogens is 2. The molecular formula is C15H25N3. The third-order valence-electron chi connectivity index (χ3n) is 5.04. The van der Waals surface area contributed by atoms with Crippen LogP contribution in [0.3, 0.4) is 0 Å². The summed E-state index contributed by atoms with van der Waals surface area (Å²) in [5.41, 5.74) is 1.94. The zero-order valence-corrected chi connectivity index (χ0v) is 11.5. The summed E-state index contributed by atoms with van der Waals surface area (Å²) in [6, 6.07) is 0.672. The van der Waals surface area contributed by atoms with Gasteiger partial charge in [0.2, 0.25) is 0 Å². The maximum atomic E-state index is 4.33. The van der Waals surface area contributed by atoms with Crippen LogP contribution < -0.4 is 5.32 Å².